The van der Waals surface area contributed by atoms with E-state index in [-0.39, 0.29) is 23.6 Å². The first-order valence-corrected chi connectivity index (χ1v) is 10.6. The fraction of sp³-hybridized carbons (Fsp3) is 0.318. The number of fused-ring (bicyclic) bond motifs is 1. The van der Waals surface area contributed by atoms with Crippen LogP contribution in [0.15, 0.2) is 59.6 Å². The molecule has 31 heavy (non-hydrogen) atoms. The Bertz CT molecular complexity index is 1040. The molecule has 0 spiro atoms. The van der Waals surface area contributed by atoms with E-state index in [0.29, 0.717) is 5.56 Å². The third kappa shape index (κ3) is 4.05. The number of hydrogen-bond acceptors (Lipinski definition) is 7. The quantitative estimate of drug-likeness (QED) is 0.225. The number of ether oxygens (including phenoxy) is 1. The number of amides is 1. The second kappa shape index (κ2) is 8.14. The number of aliphatic imine (C=N–C) groups is 1. The molecule has 160 valence electrons. The van der Waals surface area contributed by atoms with Crippen molar-refractivity contribution in [3.05, 3.63) is 75.8 Å². The number of carbonyl (C=O) groups excluding carboxylic acids is 2. The molecule has 0 N–H and O–H groups in total. The first-order valence-electron chi connectivity index (χ1n) is 9.76. The van der Waals surface area contributed by atoms with Crippen LogP contribution in [-0.2, 0) is 20.9 Å². The van der Waals surface area contributed by atoms with Crippen LogP contribution >= 0.6 is 11.8 Å². The number of hydrogen-bond donors (Lipinski definition) is 0. The minimum absolute atomic E-state index is 0.00648. The van der Waals surface area contributed by atoms with Gasteiger partial charge in [0.15, 0.2) is 6.04 Å². The topological polar surface area (TPSA) is 102 Å². The van der Waals surface area contributed by atoms with Crippen LogP contribution in [0.5, 0.6) is 0 Å². The number of nitro groups is 1. The van der Waals surface area contributed by atoms with Gasteiger partial charge in [0.2, 0.25) is 0 Å². The maximum absolute atomic E-state index is 12.8. The van der Waals surface area contributed by atoms with Gasteiger partial charge < -0.3 is 9.64 Å². The summed E-state index contributed by atoms with van der Waals surface area (Å²) >= 11 is 1.53. The van der Waals surface area contributed by atoms with E-state index in [1.54, 1.807) is 17.0 Å². The lowest BCUT2D eigenvalue weighted by Gasteiger charge is -2.41. The standard InChI is InChI=1S/C22H21N3O5S/c1-22(2)18(21(27)30-13-15-6-4-3-5-7-15)24-19(26)17(20(24)31-22)23-12-14-8-10-16(11-9-14)25(28)29/h3-12,17-18,20H,13H2,1-2H3/t17-,18+,20-/m1/s1. The molecule has 2 aromatic carbocycles. The van der Waals surface area contributed by atoms with Gasteiger partial charge in [-0.25, -0.2) is 4.79 Å². The largest absolute Gasteiger partial charge is 0.459 e. The zero-order valence-electron chi connectivity index (χ0n) is 17.0. The zero-order chi connectivity index (χ0) is 22.2. The average Bonchev–Trinajstić information content (AvgIpc) is 3.01. The minimum Gasteiger partial charge on any atom is -0.459 e. The van der Waals surface area contributed by atoms with Gasteiger partial charge >= 0.3 is 5.97 Å². The molecule has 0 aliphatic carbocycles. The van der Waals surface area contributed by atoms with Crippen LogP contribution in [0.3, 0.4) is 0 Å². The molecule has 2 saturated heterocycles. The highest BCUT2D eigenvalue weighted by atomic mass is 32.2. The van der Waals surface area contributed by atoms with Crippen LogP contribution < -0.4 is 0 Å². The summed E-state index contributed by atoms with van der Waals surface area (Å²) in [6.07, 6.45) is 1.54. The summed E-state index contributed by atoms with van der Waals surface area (Å²) in [7, 11) is 0. The van der Waals surface area contributed by atoms with Gasteiger partial charge in [-0.3, -0.25) is 19.9 Å². The Labute approximate surface area is 183 Å². The Kier molecular flexibility index (Phi) is 5.53. The summed E-state index contributed by atoms with van der Waals surface area (Å²) in [6, 6.07) is 14.1. The van der Waals surface area contributed by atoms with E-state index in [1.165, 1.54) is 30.1 Å². The third-order valence-corrected chi connectivity index (χ3v) is 6.91. The molecule has 2 heterocycles. The van der Waals surface area contributed by atoms with Gasteiger partial charge in [-0.15, -0.1) is 11.8 Å². The third-order valence-electron chi connectivity index (χ3n) is 5.35. The summed E-state index contributed by atoms with van der Waals surface area (Å²) < 4.78 is 5.00. The van der Waals surface area contributed by atoms with Gasteiger partial charge in [-0.1, -0.05) is 30.3 Å². The molecular weight excluding hydrogens is 418 g/mol. The first kappa shape index (κ1) is 21.0. The number of β-lactam (4-membered cyclic amide) rings is 1. The lowest BCUT2D eigenvalue weighted by Crippen LogP contribution is -2.65. The zero-order valence-corrected chi connectivity index (χ0v) is 17.8. The summed E-state index contributed by atoms with van der Waals surface area (Å²) in [5.74, 6) is -0.641. The number of rotatable bonds is 6. The van der Waals surface area contributed by atoms with Crippen LogP contribution in [0.1, 0.15) is 25.0 Å². The molecule has 4 rings (SSSR count). The van der Waals surface area contributed by atoms with Crippen molar-refractivity contribution in [3.8, 4) is 0 Å². The van der Waals surface area contributed by atoms with Crippen LogP contribution in [0, 0.1) is 10.1 Å². The van der Waals surface area contributed by atoms with Crippen molar-refractivity contribution in [2.24, 2.45) is 4.99 Å². The number of nitro benzene ring substituents is 1. The number of benzene rings is 2. The number of nitrogens with zero attached hydrogens (tertiary/aromatic N) is 3. The van der Waals surface area contributed by atoms with Crippen molar-refractivity contribution in [1.29, 1.82) is 0 Å². The summed E-state index contributed by atoms with van der Waals surface area (Å²) in [5.41, 5.74) is 1.54. The lowest BCUT2D eigenvalue weighted by atomic mass is 9.96. The van der Waals surface area contributed by atoms with Gasteiger partial charge in [0.05, 0.1) is 4.92 Å². The monoisotopic (exact) mass is 439 g/mol. The molecular formula is C22H21N3O5S. The molecule has 2 aliphatic rings. The van der Waals surface area contributed by atoms with E-state index in [0.717, 1.165) is 5.56 Å². The molecule has 0 radical (unpaired) electrons. The Morgan fingerprint density at radius 2 is 1.90 bits per heavy atom. The van der Waals surface area contributed by atoms with Gasteiger partial charge in [-0.05, 0) is 37.1 Å². The Morgan fingerprint density at radius 1 is 1.23 bits per heavy atom. The molecule has 2 fully saturated rings. The lowest BCUT2D eigenvalue weighted by molar-refractivity contribution is -0.384. The summed E-state index contributed by atoms with van der Waals surface area (Å²) in [4.78, 5) is 41.9. The average molecular weight is 439 g/mol. The van der Waals surface area contributed by atoms with Crippen LogP contribution in [0.25, 0.3) is 0 Å². The van der Waals surface area contributed by atoms with E-state index >= 15 is 0 Å². The predicted molar refractivity (Wildman–Crippen MR) is 117 cm³/mol. The SMILES string of the molecule is CC1(C)S[C@@H]2[C@H](N=Cc3ccc([N+](=O)[O-])cc3)C(=O)N2[C@H]1C(=O)OCc1ccccc1. The smallest absolute Gasteiger partial charge is 0.330 e. The normalized spacial score (nSPS) is 24.0. The number of thioether (sulfide) groups is 1. The van der Waals surface area contributed by atoms with Crippen LogP contribution in [-0.4, -0.2) is 50.1 Å². The molecule has 1 amide bonds. The summed E-state index contributed by atoms with van der Waals surface area (Å²) in [6.45, 7) is 4.01. The second-order valence-electron chi connectivity index (χ2n) is 7.92. The van der Waals surface area contributed by atoms with Crippen molar-refractivity contribution in [1.82, 2.24) is 4.90 Å². The Hall–Kier alpha value is -3.20. The molecule has 0 saturated carbocycles. The molecule has 2 aliphatic heterocycles. The van der Waals surface area contributed by atoms with E-state index in [1.807, 2.05) is 44.2 Å². The van der Waals surface area contributed by atoms with Gasteiger partial charge in [0, 0.05) is 23.1 Å². The van der Waals surface area contributed by atoms with Crippen LogP contribution in [0.4, 0.5) is 5.69 Å². The van der Waals surface area contributed by atoms with Crippen molar-refractivity contribution in [2.75, 3.05) is 0 Å². The van der Waals surface area contributed by atoms with Crippen molar-refractivity contribution in [2.45, 2.75) is 42.7 Å². The second-order valence-corrected chi connectivity index (χ2v) is 9.70. The molecule has 3 atom stereocenters. The molecule has 8 nitrogen and oxygen atoms in total. The van der Waals surface area contributed by atoms with Gasteiger partial charge in [0.25, 0.3) is 11.6 Å². The van der Waals surface area contributed by atoms with Crippen molar-refractivity contribution >= 4 is 35.5 Å². The van der Waals surface area contributed by atoms with Crippen molar-refractivity contribution in [3.63, 3.8) is 0 Å². The van der Waals surface area contributed by atoms with E-state index in [9.17, 15) is 19.7 Å². The Balaban J connectivity index is 1.43. The maximum Gasteiger partial charge on any atom is 0.330 e. The number of non-ortho nitro benzene ring substituents is 1. The van der Waals surface area contributed by atoms with E-state index < -0.39 is 27.7 Å². The fourth-order valence-electron chi connectivity index (χ4n) is 3.77. The first-order chi connectivity index (χ1) is 14.8. The minimum atomic E-state index is -0.676. The molecule has 9 heteroatoms. The van der Waals surface area contributed by atoms with Crippen LogP contribution in [0.2, 0.25) is 0 Å². The van der Waals surface area contributed by atoms with Gasteiger partial charge in [0.1, 0.15) is 18.0 Å². The summed E-state index contributed by atoms with van der Waals surface area (Å²) in [5, 5.41) is 10.5. The highest BCUT2D eigenvalue weighted by molar-refractivity contribution is 8.01. The maximum atomic E-state index is 12.8. The highest BCUT2D eigenvalue weighted by Crippen LogP contribution is 2.52. The van der Waals surface area contributed by atoms with Crippen molar-refractivity contribution < 1.29 is 19.2 Å². The molecule has 0 unspecified atom stereocenters. The predicted octanol–water partition coefficient (Wildman–Crippen LogP) is 3.19. The highest BCUT2D eigenvalue weighted by Gasteiger charge is 2.64. The molecule has 2 aromatic rings. The Morgan fingerprint density at radius 3 is 2.55 bits per heavy atom. The van der Waals surface area contributed by atoms with E-state index in [4.69, 9.17) is 4.74 Å². The fourth-order valence-corrected chi connectivity index (χ4v) is 5.38. The van der Waals surface area contributed by atoms with Gasteiger partial charge in [-0.2, -0.15) is 0 Å². The number of esters is 1. The molecule has 0 aromatic heterocycles. The molecule has 0 bridgehead atoms. The number of carbonyl (C=O) groups is 2. The van der Waals surface area contributed by atoms with E-state index in [2.05, 4.69) is 4.99 Å².